The van der Waals surface area contributed by atoms with Gasteiger partial charge in [0.25, 0.3) is 0 Å². The van der Waals surface area contributed by atoms with E-state index in [4.69, 9.17) is 11.6 Å². The molecule has 0 unspecified atom stereocenters. The zero-order valence-corrected chi connectivity index (χ0v) is 7.29. The number of aryl methyl sites for hydroxylation is 1. The maximum atomic E-state index is 5.03. The van der Waals surface area contributed by atoms with Crippen molar-refractivity contribution in [1.82, 2.24) is 4.98 Å². The summed E-state index contributed by atoms with van der Waals surface area (Å²) in [6.45, 7) is 1.90. The van der Waals surface area contributed by atoms with Gasteiger partial charge in [0.1, 0.15) is 0 Å². The average molecular weight is 189 g/mol. The second kappa shape index (κ2) is 4.06. The third-order valence-electron chi connectivity index (χ3n) is 0.847. The van der Waals surface area contributed by atoms with E-state index in [0.717, 1.165) is 5.69 Å². The Balaban J connectivity index is 2.43. The zero-order chi connectivity index (χ0) is 8.10. The van der Waals surface area contributed by atoms with Crippen LogP contribution in [0.5, 0.6) is 0 Å². The van der Waals surface area contributed by atoms with Crippen molar-refractivity contribution in [2.75, 3.05) is 5.48 Å². The van der Waals surface area contributed by atoms with Gasteiger partial charge in [0, 0.05) is 5.38 Å². The van der Waals surface area contributed by atoms with Crippen molar-refractivity contribution in [3.63, 3.8) is 0 Å². The van der Waals surface area contributed by atoms with Crippen LogP contribution in [-0.2, 0) is 4.84 Å². The molecule has 11 heavy (non-hydrogen) atoms. The molecule has 0 amide bonds. The van der Waals surface area contributed by atoms with E-state index in [0.29, 0.717) is 5.13 Å². The summed E-state index contributed by atoms with van der Waals surface area (Å²) in [5.74, 6) is 0. The van der Waals surface area contributed by atoms with Crippen LogP contribution < -0.4 is 5.48 Å². The molecule has 1 rings (SSSR count). The molecule has 0 saturated carbocycles. The summed E-state index contributed by atoms with van der Waals surface area (Å²) in [6.07, 6.45) is 2.18. The molecule has 0 spiro atoms. The van der Waals surface area contributed by atoms with Gasteiger partial charge in [-0.05, 0) is 18.5 Å². The minimum Gasteiger partial charge on any atom is -0.325 e. The van der Waals surface area contributed by atoms with Crippen molar-refractivity contribution >= 4 is 28.1 Å². The SMILES string of the molecule is Cc1csc(NOC#CCl)n1. The molecule has 0 aliphatic rings. The number of thiazole rings is 1. The first-order valence-corrected chi connectivity index (χ1v) is 4.03. The van der Waals surface area contributed by atoms with Crippen LogP contribution in [0, 0.1) is 18.4 Å². The van der Waals surface area contributed by atoms with Gasteiger partial charge in [-0.3, -0.25) is 0 Å². The number of nitrogens with one attached hydrogen (secondary N) is 1. The Bertz CT molecular complexity index is 288. The first-order valence-electron chi connectivity index (χ1n) is 2.77. The summed E-state index contributed by atoms with van der Waals surface area (Å²) >= 11 is 6.47. The van der Waals surface area contributed by atoms with Gasteiger partial charge in [-0.25, -0.2) is 4.98 Å². The molecule has 1 aromatic rings. The molecule has 5 heteroatoms. The van der Waals surface area contributed by atoms with Crippen LogP contribution in [0.3, 0.4) is 0 Å². The summed E-state index contributed by atoms with van der Waals surface area (Å²) in [6, 6.07) is 0. The van der Waals surface area contributed by atoms with Crippen LogP contribution in [0.15, 0.2) is 5.38 Å². The fraction of sp³-hybridized carbons (Fsp3) is 0.167. The molecule has 0 saturated heterocycles. The van der Waals surface area contributed by atoms with Gasteiger partial charge in [-0.1, -0.05) is 0 Å². The summed E-state index contributed by atoms with van der Waals surface area (Å²) in [4.78, 5) is 8.64. The maximum Gasteiger partial charge on any atom is 0.217 e. The Kier molecular flexibility index (Phi) is 3.02. The lowest BCUT2D eigenvalue weighted by Gasteiger charge is -1.93. The molecule has 1 N–H and O–H groups in total. The molecule has 0 aliphatic carbocycles. The lowest BCUT2D eigenvalue weighted by atomic mass is 10.6. The molecule has 1 aromatic heterocycles. The van der Waals surface area contributed by atoms with Crippen LogP contribution in [0.1, 0.15) is 5.69 Å². The zero-order valence-electron chi connectivity index (χ0n) is 5.72. The van der Waals surface area contributed by atoms with Crippen molar-refractivity contribution < 1.29 is 4.84 Å². The van der Waals surface area contributed by atoms with Gasteiger partial charge in [-0.15, -0.1) is 11.3 Å². The largest absolute Gasteiger partial charge is 0.325 e. The number of anilines is 1. The highest BCUT2D eigenvalue weighted by Crippen LogP contribution is 2.13. The Morgan fingerprint density at radius 3 is 3.18 bits per heavy atom. The van der Waals surface area contributed by atoms with Gasteiger partial charge in [0.15, 0.2) is 6.11 Å². The van der Waals surface area contributed by atoms with Gasteiger partial charge in [-0.2, -0.15) is 5.48 Å². The van der Waals surface area contributed by atoms with Crippen molar-refractivity contribution in [2.24, 2.45) is 0 Å². The molecule has 0 atom stereocenters. The highest BCUT2D eigenvalue weighted by molar-refractivity contribution is 7.13. The van der Waals surface area contributed by atoms with E-state index in [9.17, 15) is 0 Å². The second-order valence-corrected chi connectivity index (χ2v) is 2.74. The number of nitrogens with zero attached hydrogens (tertiary/aromatic N) is 1. The molecular formula is C6H5ClN2OS. The van der Waals surface area contributed by atoms with E-state index in [1.54, 1.807) is 0 Å². The monoisotopic (exact) mass is 188 g/mol. The molecule has 58 valence electrons. The number of halogens is 1. The second-order valence-electron chi connectivity index (χ2n) is 1.69. The minimum absolute atomic E-state index is 0.668. The minimum atomic E-state index is 0.668. The summed E-state index contributed by atoms with van der Waals surface area (Å²) in [5.41, 5.74) is 3.46. The van der Waals surface area contributed by atoms with E-state index < -0.39 is 0 Å². The molecule has 0 bridgehead atoms. The molecule has 0 fully saturated rings. The van der Waals surface area contributed by atoms with Crippen molar-refractivity contribution in [3.05, 3.63) is 11.1 Å². The fourth-order valence-corrected chi connectivity index (χ4v) is 1.15. The lowest BCUT2D eigenvalue weighted by molar-refractivity contribution is 0.363. The topological polar surface area (TPSA) is 34.1 Å². The Morgan fingerprint density at radius 1 is 1.82 bits per heavy atom. The summed E-state index contributed by atoms with van der Waals surface area (Å²) in [7, 11) is 0. The van der Waals surface area contributed by atoms with Crippen LogP contribution >= 0.6 is 22.9 Å². The van der Waals surface area contributed by atoms with Crippen LogP contribution in [0.2, 0.25) is 0 Å². The first kappa shape index (κ1) is 8.18. The molecule has 0 radical (unpaired) electrons. The molecular weight excluding hydrogens is 184 g/mol. The van der Waals surface area contributed by atoms with Gasteiger partial charge in [0.2, 0.25) is 5.13 Å². The predicted octanol–water partition coefficient (Wildman–Crippen LogP) is 1.95. The number of aromatic nitrogens is 1. The van der Waals surface area contributed by atoms with E-state index in [2.05, 4.69) is 26.8 Å². The first-order chi connectivity index (χ1) is 5.33. The molecule has 3 nitrogen and oxygen atoms in total. The molecule has 1 heterocycles. The van der Waals surface area contributed by atoms with E-state index >= 15 is 0 Å². The summed E-state index contributed by atoms with van der Waals surface area (Å²) < 4.78 is 0. The third-order valence-corrected chi connectivity index (χ3v) is 1.78. The van der Waals surface area contributed by atoms with E-state index in [1.165, 1.54) is 11.3 Å². The van der Waals surface area contributed by atoms with Crippen molar-refractivity contribution in [1.29, 1.82) is 0 Å². The quantitative estimate of drug-likeness (QED) is 0.569. The predicted molar refractivity (Wildman–Crippen MR) is 45.2 cm³/mol. The Hall–Kier alpha value is -0.920. The number of hydrogen-bond acceptors (Lipinski definition) is 4. The smallest absolute Gasteiger partial charge is 0.217 e. The van der Waals surface area contributed by atoms with Crippen molar-refractivity contribution in [2.45, 2.75) is 6.92 Å². The van der Waals surface area contributed by atoms with E-state index in [1.807, 2.05) is 12.3 Å². The highest BCUT2D eigenvalue weighted by atomic mass is 35.5. The van der Waals surface area contributed by atoms with Crippen LogP contribution in [0.25, 0.3) is 0 Å². The van der Waals surface area contributed by atoms with Gasteiger partial charge in [0.05, 0.1) is 11.1 Å². The van der Waals surface area contributed by atoms with Gasteiger partial charge >= 0.3 is 0 Å². The normalized spacial score (nSPS) is 8.18. The Morgan fingerprint density at radius 2 is 2.64 bits per heavy atom. The Labute approximate surface area is 73.3 Å². The third kappa shape index (κ3) is 2.66. The average Bonchev–Trinajstić information content (AvgIpc) is 2.37. The standard InChI is InChI=1S/C6H5ClN2OS/c1-5-4-11-6(8-5)9-10-3-2-7/h4H,1H3,(H,8,9). The van der Waals surface area contributed by atoms with Gasteiger partial charge < -0.3 is 4.84 Å². The highest BCUT2D eigenvalue weighted by Gasteiger charge is 1.94. The summed E-state index contributed by atoms with van der Waals surface area (Å²) in [5, 5.41) is 4.63. The van der Waals surface area contributed by atoms with Crippen LogP contribution in [-0.4, -0.2) is 4.98 Å². The lowest BCUT2D eigenvalue weighted by Crippen LogP contribution is -1.93. The number of rotatable bonds is 2. The van der Waals surface area contributed by atoms with Crippen molar-refractivity contribution in [3.8, 4) is 11.5 Å². The molecule has 0 aromatic carbocycles. The maximum absolute atomic E-state index is 5.03. The molecule has 0 aliphatic heterocycles. The number of hydrogen-bond donors (Lipinski definition) is 1. The van der Waals surface area contributed by atoms with E-state index in [-0.39, 0.29) is 0 Å². The van der Waals surface area contributed by atoms with Crippen LogP contribution in [0.4, 0.5) is 5.13 Å². The fourth-order valence-electron chi connectivity index (χ4n) is 0.489.